The normalized spacial score (nSPS) is 13.4. The molecule has 0 fully saturated rings. The molecule has 2 aromatic heterocycles. The third-order valence-electron chi connectivity index (χ3n) is 5.23. The molecule has 7 heteroatoms. The number of amides is 1. The smallest absolute Gasteiger partial charge is 0.259 e. The van der Waals surface area contributed by atoms with E-state index in [0.29, 0.717) is 23.8 Å². The molecule has 1 aliphatic rings. The van der Waals surface area contributed by atoms with Gasteiger partial charge in [0.1, 0.15) is 10.7 Å². The Morgan fingerprint density at radius 2 is 2.03 bits per heavy atom. The molecule has 0 atom stereocenters. The highest BCUT2D eigenvalue weighted by Crippen LogP contribution is 2.33. The number of nitrogens with one attached hydrogen (secondary N) is 2. The highest BCUT2D eigenvalue weighted by molar-refractivity contribution is 7.98. The molecule has 5 nitrogen and oxygen atoms in total. The van der Waals surface area contributed by atoms with Crippen LogP contribution in [0.25, 0.3) is 10.2 Å². The van der Waals surface area contributed by atoms with E-state index >= 15 is 0 Å². The van der Waals surface area contributed by atoms with Gasteiger partial charge in [0.15, 0.2) is 0 Å². The average Bonchev–Trinajstić information content (AvgIpc) is 3.10. The van der Waals surface area contributed by atoms with Crippen molar-refractivity contribution in [2.45, 2.75) is 51.2 Å². The number of thioether (sulfide) groups is 1. The predicted molar refractivity (Wildman–Crippen MR) is 122 cm³/mol. The average molecular weight is 428 g/mol. The number of benzene rings is 1. The maximum absolute atomic E-state index is 12.6. The Bertz CT molecular complexity index is 1070. The summed E-state index contributed by atoms with van der Waals surface area (Å²) < 4.78 is 0. The number of carbonyl (C=O) groups excluding carboxylic acids is 1. The Labute approximate surface area is 178 Å². The number of fused-ring (bicyclic) bond motifs is 3. The standard InChI is InChI=1S/C22H25N3O2S2/c1-2-14-7-9-15(10-8-14)23-19(26)11-12-28-13-18-24-21(27)20-16-5-3-4-6-17(16)29-22(20)25-18/h7-10H,2-6,11-13H2,1H3,(H,23,26)(H,24,25,27). The lowest BCUT2D eigenvalue weighted by atomic mass is 9.97. The number of hydrogen-bond acceptors (Lipinski definition) is 5. The van der Waals surface area contributed by atoms with Gasteiger partial charge in [-0.3, -0.25) is 9.59 Å². The van der Waals surface area contributed by atoms with Crippen molar-refractivity contribution in [2.24, 2.45) is 0 Å². The lowest BCUT2D eigenvalue weighted by molar-refractivity contribution is -0.115. The molecular formula is C22H25N3O2S2. The van der Waals surface area contributed by atoms with Crippen LogP contribution in [0.4, 0.5) is 5.69 Å². The van der Waals surface area contributed by atoms with Gasteiger partial charge in [-0.2, -0.15) is 11.8 Å². The summed E-state index contributed by atoms with van der Waals surface area (Å²) in [6.45, 7) is 2.11. The molecular weight excluding hydrogens is 402 g/mol. The highest BCUT2D eigenvalue weighted by atomic mass is 32.2. The molecule has 1 amide bonds. The number of aryl methyl sites for hydroxylation is 3. The molecule has 3 aromatic rings. The van der Waals surface area contributed by atoms with Crippen LogP contribution >= 0.6 is 23.1 Å². The molecule has 4 rings (SSSR count). The van der Waals surface area contributed by atoms with Gasteiger partial charge in [0.05, 0.1) is 11.1 Å². The van der Waals surface area contributed by atoms with Gasteiger partial charge in [0.25, 0.3) is 5.56 Å². The molecule has 1 aliphatic carbocycles. The first-order valence-electron chi connectivity index (χ1n) is 10.1. The minimum atomic E-state index is -0.0155. The molecule has 0 bridgehead atoms. The second-order valence-corrected chi connectivity index (χ2v) is 9.49. The summed E-state index contributed by atoms with van der Waals surface area (Å²) in [4.78, 5) is 34.5. The third-order valence-corrected chi connectivity index (χ3v) is 7.39. The number of hydrogen-bond donors (Lipinski definition) is 2. The third kappa shape index (κ3) is 4.73. The van der Waals surface area contributed by atoms with E-state index in [2.05, 4.69) is 22.2 Å². The van der Waals surface area contributed by atoms with Crippen LogP contribution in [-0.2, 0) is 29.8 Å². The van der Waals surface area contributed by atoms with E-state index in [1.54, 1.807) is 23.1 Å². The number of carbonyl (C=O) groups is 1. The van der Waals surface area contributed by atoms with Crippen molar-refractivity contribution in [3.63, 3.8) is 0 Å². The Morgan fingerprint density at radius 1 is 1.24 bits per heavy atom. The van der Waals surface area contributed by atoms with Gasteiger partial charge in [-0.15, -0.1) is 11.3 Å². The predicted octanol–water partition coefficient (Wildman–Crippen LogP) is 4.69. The minimum Gasteiger partial charge on any atom is -0.326 e. The summed E-state index contributed by atoms with van der Waals surface area (Å²) in [6, 6.07) is 7.94. The van der Waals surface area contributed by atoms with Crippen molar-refractivity contribution >= 4 is 44.9 Å². The Morgan fingerprint density at radius 3 is 2.83 bits per heavy atom. The van der Waals surface area contributed by atoms with Gasteiger partial charge >= 0.3 is 0 Å². The number of thiophene rings is 1. The van der Waals surface area contributed by atoms with Crippen molar-refractivity contribution in [3.05, 3.63) is 56.4 Å². The first-order valence-corrected chi connectivity index (χ1v) is 12.1. The van der Waals surface area contributed by atoms with E-state index < -0.39 is 0 Å². The van der Waals surface area contributed by atoms with Crippen molar-refractivity contribution < 1.29 is 4.79 Å². The van der Waals surface area contributed by atoms with Crippen molar-refractivity contribution in [2.75, 3.05) is 11.1 Å². The van der Waals surface area contributed by atoms with Crippen molar-refractivity contribution in [3.8, 4) is 0 Å². The van der Waals surface area contributed by atoms with E-state index in [-0.39, 0.29) is 11.5 Å². The largest absolute Gasteiger partial charge is 0.326 e. The SMILES string of the molecule is CCc1ccc(NC(=O)CCSCc2nc3sc4c(c3c(=O)[nH]2)CCCC4)cc1. The Kier molecular flexibility index (Phi) is 6.35. The van der Waals surface area contributed by atoms with Crippen LogP contribution < -0.4 is 10.9 Å². The van der Waals surface area contributed by atoms with Crippen molar-refractivity contribution in [1.29, 1.82) is 0 Å². The lowest BCUT2D eigenvalue weighted by Gasteiger charge is -2.09. The summed E-state index contributed by atoms with van der Waals surface area (Å²) in [5, 5.41) is 3.73. The Balaban J connectivity index is 1.30. The van der Waals surface area contributed by atoms with E-state index in [0.717, 1.165) is 41.6 Å². The van der Waals surface area contributed by atoms with E-state index in [4.69, 9.17) is 0 Å². The van der Waals surface area contributed by atoms with Gasteiger partial charge in [-0.25, -0.2) is 4.98 Å². The molecule has 29 heavy (non-hydrogen) atoms. The molecule has 0 spiro atoms. The van der Waals surface area contributed by atoms with E-state index in [1.165, 1.54) is 22.4 Å². The molecule has 0 radical (unpaired) electrons. The summed E-state index contributed by atoms with van der Waals surface area (Å²) in [6.07, 6.45) is 5.83. The molecule has 0 aliphatic heterocycles. The zero-order valence-electron chi connectivity index (χ0n) is 16.5. The zero-order chi connectivity index (χ0) is 20.2. The maximum atomic E-state index is 12.6. The second-order valence-electron chi connectivity index (χ2n) is 7.30. The van der Waals surface area contributed by atoms with Crippen LogP contribution in [0.3, 0.4) is 0 Å². The van der Waals surface area contributed by atoms with Crippen LogP contribution in [0, 0.1) is 0 Å². The van der Waals surface area contributed by atoms with Crippen molar-refractivity contribution in [1.82, 2.24) is 9.97 Å². The molecule has 1 aromatic carbocycles. The van der Waals surface area contributed by atoms with Gasteiger partial charge in [0, 0.05) is 22.7 Å². The van der Waals surface area contributed by atoms with E-state index in [9.17, 15) is 9.59 Å². The summed E-state index contributed by atoms with van der Waals surface area (Å²) >= 11 is 3.29. The van der Waals surface area contributed by atoms with Crippen LogP contribution in [0.1, 0.15) is 48.0 Å². The number of aromatic nitrogens is 2. The van der Waals surface area contributed by atoms with Gasteiger partial charge in [-0.1, -0.05) is 19.1 Å². The number of H-pyrrole nitrogens is 1. The Hall–Kier alpha value is -2.12. The van der Waals surface area contributed by atoms with Crippen LogP contribution in [0.5, 0.6) is 0 Å². The van der Waals surface area contributed by atoms with Crippen LogP contribution in [0.15, 0.2) is 29.1 Å². The fourth-order valence-electron chi connectivity index (χ4n) is 3.66. The molecule has 152 valence electrons. The first kappa shape index (κ1) is 20.2. The molecule has 2 N–H and O–H groups in total. The zero-order valence-corrected chi connectivity index (χ0v) is 18.2. The van der Waals surface area contributed by atoms with Gasteiger partial charge in [0.2, 0.25) is 5.91 Å². The fourth-order valence-corrected chi connectivity index (χ4v) is 5.74. The van der Waals surface area contributed by atoms with Crippen LogP contribution in [-0.4, -0.2) is 21.6 Å². The lowest BCUT2D eigenvalue weighted by Crippen LogP contribution is -2.13. The fraction of sp³-hybridized carbons (Fsp3) is 0.409. The number of rotatable bonds is 7. The minimum absolute atomic E-state index is 0.00425. The summed E-state index contributed by atoms with van der Waals surface area (Å²) in [5.41, 5.74) is 3.28. The molecule has 0 saturated heterocycles. The molecule has 2 heterocycles. The molecule has 0 saturated carbocycles. The summed E-state index contributed by atoms with van der Waals surface area (Å²) in [7, 11) is 0. The summed E-state index contributed by atoms with van der Waals surface area (Å²) in [5.74, 6) is 1.99. The highest BCUT2D eigenvalue weighted by Gasteiger charge is 2.19. The van der Waals surface area contributed by atoms with Gasteiger partial charge < -0.3 is 10.3 Å². The van der Waals surface area contributed by atoms with Crippen LogP contribution in [0.2, 0.25) is 0 Å². The number of nitrogens with zero attached hydrogens (tertiary/aromatic N) is 1. The number of aromatic amines is 1. The maximum Gasteiger partial charge on any atom is 0.259 e. The molecule has 0 unspecified atom stereocenters. The van der Waals surface area contributed by atoms with Gasteiger partial charge in [-0.05, 0) is 55.4 Å². The first-order chi connectivity index (χ1) is 14.1. The van der Waals surface area contributed by atoms with E-state index in [1.807, 2.05) is 24.3 Å². The second kappa shape index (κ2) is 9.13. The quantitative estimate of drug-likeness (QED) is 0.537. The monoisotopic (exact) mass is 427 g/mol. The topological polar surface area (TPSA) is 74.8 Å². The number of anilines is 1.